The van der Waals surface area contributed by atoms with Crippen molar-refractivity contribution in [1.82, 2.24) is 4.90 Å². The molecule has 0 aliphatic carbocycles. The Morgan fingerprint density at radius 3 is 2.30 bits per heavy atom. The molecule has 0 aromatic rings. The zero-order valence-corrected chi connectivity index (χ0v) is 6.39. The summed E-state index contributed by atoms with van der Waals surface area (Å²) in [4.78, 5) is 13.6. The monoisotopic (exact) mass is 139 g/mol. The highest BCUT2D eigenvalue weighted by atomic mass is 16.1. The fourth-order valence-corrected chi connectivity index (χ4v) is 1.88. The van der Waals surface area contributed by atoms with Crippen LogP contribution in [-0.4, -0.2) is 30.3 Å². The molecule has 0 spiro atoms. The van der Waals surface area contributed by atoms with Crippen LogP contribution in [0, 0.1) is 5.41 Å². The molecule has 56 valence electrons. The molecule has 2 heteroatoms. The van der Waals surface area contributed by atoms with E-state index in [1.54, 1.807) is 0 Å². The predicted molar refractivity (Wildman–Crippen MR) is 38.8 cm³/mol. The van der Waals surface area contributed by atoms with E-state index in [9.17, 15) is 4.79 Å². The Balaban J connectivity index is 2.25. The molecule has 0 saturated carbocycles. The molecule has 0 unspecified atom stereocenters. The van der Waals surface area contributed by atoms with E-state index >= 15 is 0 Å². The van der Waals surface area contributed by atoms with E-state index in [-0.39, 0.29) is 5.41 Å². The van der Waals surface area contributed by atoms with Crippen molar-refractivity contribution in [2.45, 2.75) is 19.8 Å². The standard InChI is InChI=1S/C8H13NO/c1-8-2-4-9(5-3-8)6-7(8)10/h2-6H2,1H3. The maximum absolute atomic E-state index is 11.3. The third kappa shape index (κ3) is 0.717. The van der Waals surface area contributed by atoms with Crippen LogP contribution >= 0.6 is 0 Å². The number of nitrogens with zero attached hydrogens (tertiary/aromatic N) is 1. The number of Topliss-reactive ketones (excluding diaryl/α,β-unsaturated/α-hetero) is 1. The van der Waals surface area contributed by atoms with Gasteiger partial charge in [-0.3, -0.25) is 9.69 Å². The lowest BCUT2D eigenvalue weighted by atomic mass is 9.73. The van der Waals surface area contributed by atoms with E-state index < -0.39 is 0 Å². The fourth-order valence-electron chi connectivity index (χ4n) is 1.88. The maximum atomic E-state index is 11.3. The van der Waals surface area contributed by atoms with Crippen LogP contribution in [0.5, 0.6) is 0 Å². The van der Waals surface area contributed by atoms with Crippen molar-refractivity contribution in [1.29, 1.82) is 0 Å². The summed E-state index contributed by atoms with van der Waals surface area (Å²) in [6.45, 7) is 5.12. The predicted octanol–water partition coefficient (Wildman–Crippen LogP) is 0.671. The van der Waals surface area contributed by atoms with Crippen LogP contribution < -0.4 is 0 Å². The van der Waals surface area contributed by atoms with Crippen molar-refractivity contribution < 1.29 is 4.79 Å². The SMILES string of the molecule is CC12CCN(CC1)CC2=O. The molecule has 3 saturated heterocycles. The summed E-state index contributed by atoms with van der Waals surface area (Å²) >= 11 is 0. The third-order valence-electron chi connectivity index (χ3n) is 3.00. The number of fused-ring (bicyclic) bond motifs is 3. The molecule has 10 heavy (non-hydrogen) atoms. The van der Waals surface area contributed by atoms with Crippen LogP contribution in [0.25, 0.3) is 0 Å². The van der Waals surface area contributed by atoms with Crippen molar-refractivity contribution in [2.24, 2.45) is 5.41 Å². The minimum atomic E-state index is 0.0642. The summed E-state index contributed by atoms with van der Waals surface area (Å²) in [7, 11) is 0. The second kappa shape index (κ2) is 1.82. The van der Waals surface area contributed by atoms with Gasteiger partial charge in [0.2, 0.25) is 0 Å². The van der Waals surface area contributed by atoms with Crippen molar-refractivity contribution >= 4 is 5.78 Å². The van der Waals surface area contributed by atoms with Gasteiger partial charge in [-0.25, -0.2) is 0 Å². The van der Waals surface area contributed by atoms with Crippen LogP contribution in [0.15, 0.2) is 0 Å². The zero-order chi connectivity index (χ0) is 7.19. The molecule has 0 radical (unpaired) electrons. The summed E-state index contributed by atoms with van der Waals surface area (Å²) in [6.07, 6.45) is 2.18. The Kier molecular flexibility index (Phi) is 1.15. The highest BCUT2D eigenvalue weighted by Gasteiger charge is 2.42. The molecule has 3 heterocycles. The first-order valence-electron chi connectivity index (χ1n) is 3.96. The van der Waals surface area contributed by atoms with Gasteiger partial charge in [-0.2, -0.15) is 0 Å². The van der Waals surface area contributed by atoms with Gasteiger partial charge in [0.05, 0.1) is 6.54 Å². The quantitative estimate of drug-likeness (QED) is 0.491. The van der Waals surface area contributed by atoms with Crippen LogP contribution in [0.3, 0.4) is 0 Å². The minimum absolute atomic E-state index is 0.0642. The molecule has 2 bridgehead atoms. The zero-order valence-electron chi connectivity index (χ0n) is 6.39. The molecule has 0 N–H and O–H groups in total. The Morgan fingerprint density at radius 1 is 1.40 bits per heavy atom. The van der Waals surface area contributed by atoms with Crippen LogP contribution in [0.4, 0.5) is 0 Å². The van der Waals surface area contributed by atoms with E-state index in [0.29, 0.717) is 5.78 Å². The molecular formula is C8H13NO. The molecule has 3 aliphatic rings. The average molecular weight is 139 g/mol. The molecule has 3 aliphatic heterocycles. The van der Waals surface area contributed by atoms with Gasteiger partial charge >= 0.3 is 0 Å². The van der Waals surface area contributed by atoms with Gasteiger partial charge in [0, 0.05) is 5.41 Å². The Morgan fingerprint density at radius 2 is 2.00 bits per heavy atom. The third-order valence-corrected chi connectivity index (χ3v) is 3.00. The summed E-state index contributed by atoms with van der Waals surface area (Å²) in [5.74, 6) is 0.463. The van der Waals surface area contributed by atoms with E-state index in [1.165, 1.54) is 0 Å². The lowest BCUT2D eigenvalue weighted by molar-refractivity contribution is -0.138. The van der Waals surface area contributed by atoms with Crippen molar-refractivity contribution in [3.05, 3.63) is 0 Å². The number of rotatable bonds is 0. The molecule has 3 rings (SSSR count). The number of carbonyl (C=O) groups is 1. The molecule has 0 aromatic heterocycles. The van der Waals surface area contributed by atoms with Crippen molar-refractivity contribution in [3.8, 4) is 0 Å². The van der Waals surface area contributed by atoms with Crippen molar-refractivity contribution in [3.63, 3.8) is 0 Å². The smallest absolute Gasteiger partial charge is 0.152 e. The molecule has 2 nitrogen and oxygen atoms in total. The molecule has 0 aromatic carbocycles. The van der Waals surface area contributed by atoms with Crippen LogP contribution in [0.2, 0.25) is 0 Å². The Hall–Kier alpha value is -0.370. The topological polar surface area (TPSA) is 20.3 Å². The van der Waals surface area contributed by atoms with Gasteiger partial charge in [-0.15, -0.1) is 0 Å². The van der Waals surface area contributed by atoms with Crippen LogP contribution in [-0.2, 0) is 4.79 Å². The molecular weight excluding hydrogens is 126 g/mol. The first kappa shape index (κ1) is 6.35. The van der Waals surface area contributed by atoms with Gasteiger partial charge in [0.15, 0.2) is 5.78 Å². The minimum Gasteiger partial charge on any atom is -0.298 e. The maximum Gasteiger partial charge on any atom is 0.152 e. The largest absolute Gasteiger partial charge is 0.298 e. The van der Waals surface area contributed by atoms with Gasteiger partial charge in [-0.05, 0) is 25.9 Å². The second-order valence-electron chi connectivity index (χ2n) is 3.76. The highest BCUT2D eigenvalue weighted by molar-refractivity contribution is 5.87. The fraction of sp³-hybridized carbons (Fsp3) is 0.875. The van der Waals surface area contributed by atoms with E-state index in [4.69, 9.17) is 0 Å². The number of carbonyl (C=O) groups excluding carboxylic acids is 1. The van der Waals surface area contributed by atoms with Crippen LogP contribution in [0.1, 0.15) is 19.8 Å². The van der Waals surface area contributed by atoms with Gasteiger partial charge < -0.3 is 0 Å². The highest BCUT2D eigenvalue weighted by Crippen LogP contribution is 2.36. The van der Waals surface area contributed by atoms with Gasteiger partial charge in [0.1, 0.15) is 0 Å². The number of piperidine rings is 3. The average Bonchev–Trinajstić information content (AvgIpc) is 1.92. The number of ketones is 1. The summed E-state index contributed by atoms with van der Waals surface area (Å²) in [5.41, 5.74) is 0.0642. The molecule has 0 amide bonds. The van der Waals surface area contributed by atoms with Gasteiger partial charge in [0.25, 0.3) is 0 Å². The lowest BCUT2D eigenvalue weighted by Gasteiger charge is -2.44. The normalized spacial score (nSPS) is 46.1. The van der Waals surface area contributed by atoms with Crippen molar-refractivity contribution in [2.75, 3.05) is 19.6 Å². The first-order chi connectivity index (χ1) is 4.71. The van der Waals surface area contributed by atoms with E-state index in [0.717, 1.165) is 32.5 Å². The first-order valence-corrected chi connectivity index (χ1v) is 3.96. The number of hydrogen-bond acceptors (Lipinski definition) is 2. The second-order valence-corrected chi connectivity index (χ2v) is 3.76. The molecule has 3 fully saturated rings. The lowest BCUT2D eigenvalue weighted by Crippen LogP contribution is -2.53. The summed E-state index contributed by atoms with van der Waals surface area (Å²) in [6, 6.07) is 0. The van der Waals surface area contributed by atoms with E-state index in [2.05, 4.69) is 11.8 Å². The Labute approximate surface area is 61.2 Å². The summed E-state index contributed by atoms with van der Waals surface area (Å²) in [5, 5.41) is 0. The summed E-state index contributed by atoms with van der Waals surface area (Å²) < 4.78 is 0. The van der Waals surface area contributed by atoms with Gasteiger partial charge in [-0.1, -0.05) is 6.92 Å². The Bertz CT molecular complexity index is 168. The van der Waals surface area contributed by atoms with E-state index in [1.807, 2.05) is 0 Å². The number of hydrogen-bond donors (Lipinski definition) is 0. The molecule has 0 atom stereocenters.